The van der Waals surface area contributed by atoms with Gasteiger partial charge in [-0.25, -0.2) is 4.98 Å². The number of hydrogen-bond donors (Lipinski definition) is 1. The van der Waals surface area contributed by atoms with Gasteiger partial charge >= 0.3 is 11.9 Å². The summed E-state index contributed by atoms with van der Waals surface area (Å²) >= 11 is 0. The fourth-order valence-corrected chi connectivity index (χ4v) is 17.2. The van der Waals surface area contributed by atoms with E-state index in [2.05, 4.69) is 63.0 Å². The Morgan fingerprint density at radius 1 is 0.773 bits per heavy atom. The van der Waals surface area contributed by atoms with Crippen LogP contribution in [-0.4, -0.2) is 50.3 Å². The first-order valence-electron chi connectivity index (χ1n) is 25.7. The third kappa shape index (κ3) is 6.75. The molecule has 7 fully saturated rings. The summed E-state index contributed by atoms with van der Waals surface area (Å²) in [6.45, 7) is 24.6. The summed E-state index contributed by atoms with van der Waals surface area (Å²) in [6, 6.07) is 15.6. The lowest BCUT2D eigenvalue weighted by molar-refractivity contribution is -0.251. The molecule has 2 aromatic heterocycles. The van der Waals surface area contributed by atoms with Crippen molar-refractivity contribution < 1.29 is 23.9 Å². The van der Waals surface area contributed by atoms with Crippen molar-refractivity contribution in [3.05, 3.63) is 84.5 Å². The van der Waals surface area contributed by atoms with Crippen LogP contribution in [0.4, 0.5) is 0 Å². The summed E-state index contributed by atoms with van der Waals surface area (Å²) in [6.07, 6.45) is 16.5. The van der Waals surface area contributed by atoms with Gasteiger partial charge in [-0.2, -0.15) is 0 Å². The number of H-pyrrole nitrogens is 1. The molecule has 1 aliphatic heterocycles. The summed E-state index contributed by atoms with van der Waals surface area (Å²) in [7, 11) is 0. The van der Waals surface area contributed by atoms with E-state index in [1.165, 1.54) is 12.0 Å². The summed E-state index contributed by atoms with van der Waals surface area (Å²) in [5.74, 6) is 2.31. The fourth-order valence-electron chi connectivity index (χ4n) is 17.2. The van der Waals surface area contributed by atoms with Crippen molar-refractivity contribution in [1.29, 1.82) is 0 Å². The summed E-state index contributed by atoms with van der Waals surface area (Å²) in [4.78, 5) is 58.2. The topological polar surface area (TPSA) is 114 Å². The lowest BCUT2D eigenvalue weighted by Gasteiger charge is -2.73. The highest BCUT2D eigenvalue weighted by atomic mass is 16.5. The summed E-state index contributed by atoms with van der Waals surface area (Å²) in [5.41, 5.74) is 3.24. The van der Waals surface area contributed by atoms with Crippen LogP contribution in [0.3, 0.4) is 0 Å². The van der Waals surface area contributed by atoms with E-state index in [0.717, 1.165) is 99.9 Å². The number of nitrogens with one attached hydrogen (secondary N) is 1. The Bertz CT molecular complexity index is 2360. The largest absolute Gasteiger partial charge is 0.462 e. The Morgan fingerprint density at radius 2 is 1.53 bits per heavy atom. The number of ether oxygens (including phenoxy) is 2. The maximum atomic E-state index is 15.6. The normalized spacial score (nSPS) is 39.6. The number of likely N-dealkylation sites (tertiary alicyclic amines) is 1. The maximum absolute atomic E-state index is 15.6. The van der Waals surface area contributed by atoms with Crippen LogP contribution in [0.1, 0.15) is 156 Å². The second-order valence-electron chi connectivity index (χ2n) is 24.4. The molecule has 1 N–H and O–H groups in total. The summed E-state index contributed by atoms with van der Waals surface area (Å²) in [5, 5.41) is 0. The third-order valence-electron chi connectivity index (χ3n) is 21.1. The number of carbonyl (C=O) groups excluding carboxylic acids is 3. The van der Waals surface area contributed by atoms with E-state index in [9.17, 15) is 9.59 Å². The monoisotopic (exact) mass is 897 g/mol. The first kappa shape index (κ1) is 45.5. The van der Waals surface area contributed by atoms with E-state index in [1.54, 1.807) is 0 Å². The van der Waals surface area contributed by atoms with E-state index in [-0.39, 0.29) is 69.6 Å². The van der Waals surface area contributed by atoms with E-state index < -0.39 is 5.41 Å². The van der Waals surface area contributed by atoms with Crippen molar-refractivity contribution in [3.8, 4) is 11.4 Å². The van der Waals surface area contributed by atoms with Gasteiger partial charge in [-0.1, -0.05) is 97.0 Å². The average molecular weight is 897 g/mol. The van der Waals surface area contributed by atoms with Crippen molar-refractivity contribution in [1.82, 2.24) is 19.9 Å². The van der Waals surface area contributed by atoms with Gasteiger partial charge in [0.15, 0.2) is 0 Å². The van der Waals surface area contributed by atoms with Gasteiger partial charge in [0.1, 0.15) is 18.5 Å². The zero-order chi connectivity index (χ0) is 46.6. The van der Waals surface area contributed by atoms with Crippen LogP contribution in [0, 0.1) is 73.9 Å². The Morgan fingerprint density at radius 3 is 2.26 bits per heavy atom. The molecule has 1 saturated heterocycles. The average Bonchev–Trinajstić information content (AvgIpc) is 4.07. The van der Waals surface area contributed by atoms with Crippen molar-refractivity contribution in [3.63, 3.8) is 0 Å². The molecule has 1 amide bonds. The number of benzene rings is 1. The summed E-state index contributed by atoms with van der Waals surface area (Å²) < 4.78 is 12.4. The number of fused-ring (bicyclic) bond motifs is 7. The van der Waals surface area contributed by atoms with Crippen LogP contribution in [0.15, 0.2) is 73.1 Å². The Balaban J connectivity index is 0.849. The number of rotatable bonds is 9. The predicted octanol–water partition coefficient (Wildman–Crippen LogP) is 12.1. The van der Waals surface area contributed by atoms with Gasteiger partial charge in [0.05, 0.1) is 40.9 Å². The molecule has 0 bridgehead atoms. The molecule has 66 heavy (non-hydrogen) atoms. The highest BCUT2D eigenvalue weighted by Gasteiger charge is 2.72. The van der Waals surface area contributed by atoms with Crippen LogP contribution in [0.5, 0.6) is 0 Å². The number of allylic oxidation sites excluding steroid dienone is 1. The van der Waals surface area contributed by atoms with Gasteiger partial charge < -0.3 is 19.4 Å². The van der Waals surface area contributed by atoms with Gasteiger partial charge in [-0.15, -0.1) is 0 Å². The van der Waals surface area contributed by atoms with Crippen LogP contribution in [0.2, 0.25) is 0 Å². The van der Waals surface area contributed by atoms with Crippen molar-refractivity contribution in [2.45, 2.75) is 158 Å². The van der Waals surface area contributed by atoms with E-state index in [4.69, 9.17) is 14.5 Å². The number of imidazole rings is 1. The standard InChI is InChI=1S/C57H76N4O5/c1-35(2)37-22-27-57(51(64)61-31-15-19-43(61)48-59-33-42(60-48)41-18-13-14-30-58-41)29-28-55(8)38(47(37)57)20-21-45-54(7)25-24-46(53(5,6)44(54)23-26-56(45,55)9)66-50(63)40-32-39(52(40,3)4)49(62)65-34-36-16-11-10-12-17-36/h10-14,16-18,30,33,37-40,43-47H,1,15,19-29,31-32,34H2,2-9H3,(H,59,60)/t37-,38+,39-,40+,43-,44-,45+,46-,47+,54-,55+,56+,57-/m0/s1. The predicted molar refractivity (Wildman–Crippen MR) is 256 cm³/mol. The van der Waals surface area contributed by atoms with Crippen LogP contribution in [0.25, 0.3) is 11.4 Å². The van der Waals surface area contributed by atoms with Crippen LogP contribution >= 0.6 is 0 Å². The number of aromatic nitrogens is 3. The smallest absolute Gasteiger partial charge is 0.309 e. The molecular weight excluding hydrogens is 821 g/mol. The fraction of sp³-hybridized carbons (Fsp3) is 0.667. The number of hydrogen-bond acceptors (Lipinski definition) is 7. The minimum absolute atomic E-state index is 0.0468. The number of aromatic amines is 1. The molecule has 0 radical (unpaired) electrons. The van der Waals surface area contributed by atoms with Crippen molar-refractivity contribution in [2.75, 3.05) is 6.54 Å². The van der Waals surface area contributed by atoms with Gasteiger partial charge in [0.25, 0.3) is 0 Å². The SMILES string of the molecule is C=C(C)[C@@H]1CC[C@]2(C(=O)N3CCC[C@H]3c3ncc(-c4ccccn4)[nH]3)CC[C@]3(C)[C@H](CC[C@@H]4[C@@]5(C)CC[C@H](OC(=O)[C@H]6C[C@@H](C(=O)OCc7ccccc7)C6(C)C)C(C)(C)[C@@H]5CC[C@]43C)[C@@H]12. The minimum atomic E-state index is -0.524. The van der Waals surface area contributed by atoms with Gasteiger partial charge in [0, 0.05) is 18.2 Å². The highest BCUT2D eigenvalue weighted by Crippen LogP contribution is 2.78. The molecular formula is C57H76N4O5. The molecule has 1 aromatic carbocycles. The molecule has 13 atom stereocenters. The zero-order valence-electron chi connectivity index (χ0n) is 41.2. The Kier molecular flexibility index (Phi) is 11.2. The van der Waals surface area contributed by atoms with Crippen molar-refractivity contribution in [2.24, 2.45) is 73.9 Å². The Hall–Kier alpha value is -4.27. The van der Waals surface area contributed by atoms with Crippen LogP contribution < -0.4 is 0 Å². The molecule has 0 unspecified atom stereocenters. The number of esters is 2. The molecule has 354 valence electrons. The molecule has 3 aromatic rings. The molecule has 3 heterocycles. The lowest BCUT2D eigenvalue weighted by atomic mass is 9.32. The second-order valence-corrected chi connectivity index (χ2v) is 24.4. The van der Waals surface area contributed by atoms with E-state index >= 15 is 4.79 Å². The van der Waals surface area contributed by atoms with Crippen molar-refractivity contribution >= 4 is 17.8 Å². The third-order valence-corrected chi connectivity index (χ3v) is 21.1. The molecule has 9 nitrogen and oxygen atoms in total. The van der Waals surface area contributed by atoms with E-state index in [0.29, 0.717) is 41.9 Å². The first-order valence-corrected chi connectivity index (χ1v) is 25.7. The molecule has 7 aliphatic rings. The zero-order valence-corrected chi connectivity index (χ0v) is 41.2. The van der Waals surface area contributed by atoms with Crippen LogP contribution in [-0.2, 0) is 30.5 Å². The number of nitrogens with zero attached hydrogens (tertiary/aromatic N) is 3. The van der Waals surface area contributed by atoms with E-state index in [1.807, 2.05) is 74.8 Å². The number of amides is 1. The molecule has 0 spiro atoms. The number of pyridine rings is 1. The molecule has 10 rings (SSSR count). The molecule has 9 heteroatoms. The minimum Gasteiger partial charge on any atom is -0.462 e. The quantitative estimate of drug-likeness (QED) is 0.168. The number of carbonyl (C=O) groups is 3. The lowest BCUT2D eigenvalue weighted by Crippen LogP contribution is -2.67. The molecule has 6 aliphatic carbocycles. The molecule has 6 saturated carbocycles. The van der Waals surface area contributed by atoms with Gasteiger partial charge in [-0.05, 0) is 159 Å². The second kappa shape index (κ2) is 16.2. The Labute approximate surface area is 394 Å². The van der Waals surface area contributed by atoms with Gasteiger partial charge in [0.2, 0.25) is 5.91 Å². The highest BCUT2D eigenvalue weighted by molar-refractivity contribution is 5.85. The van der Waals surface area contributed by atoms with Gasteiger partial charge in [-0.3, -0.25) is 19.4 Å². The first-order chi connectivity index (χ1) is 31.4. The maximum Gasteiger partial charge on any atom is 0.309 e.